The van der Waals surface area contributed by atoms with Crippen LogP contribution in [0.2, 0.25) is 0 Å². The third-order valence-corrected chi connectivity index (χ3v) is 2.95. The van der Waals surface area contributed by atoms with Crippen LogP contribution in [-0.2, 0) is 13.1 Å². The van der Waals surface area contributed by atoms with Crippen molar-refractivity contribution in [2.24, 2.45) is 5.92 Å². The molecule has 0 aliphatic carbocycles. The Kier molecular flexibility index (Phi) is 3.90. The fraction of sp³-hybridized carbons (Fsp3) is 0.455. The summed E-state index contributed by atoms with van der Waals surface area (Å²) in [6, 6.07) is 0. The van der Waals surface area contributed by atoms with Crippen molar-refractivity contribution >= 4 is 15.9 Å². The first-order chi connectivity index (χ1) is 8.58. The highest BCUT2D eigenvalue weighted by Gasteiger charge is 2.09. The molecule has 18 heavy (non-hydrogen) atoms. The van der Waals surface area contributed by atoms with Crippen LogP contribution in [0.15, 0.2) is 28.1 Å². The van der Waals surface area contributed by atoms with E-state index in [9.17, 15) is 4.79 Å². The lowest BCUT2D eigenvalue weighted by Crippen LogP contribution is -2.23. The maximum Gasteiger partial charge on any atom is 0.268 e. The summed E-state index contributed by atoms with van der Waals surface area (Å²) in [7, 11) is 0. The summed E-state index contributed by atoms with van der Waals surface area (Å²) >= 11 is 3.17. The Morgan fingerprint density at radius 2 is 2.22 bits per heavy atom. The summed E-state index contributed by atoms with van der Waals surface area (Å²) in [6.45, 7) is 5.38. The van der Waals surface area contributed by atoms with Crippen molar-refractivity contribution in [3.63, 3.8) is 0 Å². The minimum absolute atomic E-state index is 0.121. The van der Waals surface area contributed by atoms with Gasteiger partial charge in [-0.15, -0.1) is 0 Å². The Morgan fingerprint density at radius 1 is 1.44 bits per heavy atom. The quantitative estimate of drug-likeness (QED) is 0.853. The molecule has 2 aromatic heterocycles. The number of hydrogen-bond donors (Lipinski definition) is 0. The lowest BCUT2D eigenvalue weighted by atomic mass is 10.2. The highest BCUT2D eigenvalue weighted by atomic mass is 79.9. The maximum absolute atomic E-state index is 11.8. The van der Waals surface area contributed by atoms with E-state index in [4.69, 9.17) is 0 Å². The molecule has 96 valence electrons. The van der Waals surface area contributed by atoms with E-state index in [-0.39, 0.29) is 5.56 Å². The van der Waals surface area contributed by atoms with Gasteiger partial charge in [-0.1, -0.05) is 13.8 Å². The molecule has 0 aliphatic heterocycles. The zero-order valence-electron chi connectivity index (χ0n) is 10.2. The van der Waals surface area contributed by atoms with Gasteiger partial charge in [-0.05, 0) is 21.8 Å². The summed E-state index contributed by atoms with van der Waals surface area (Å²) in [4.78, 5) is 20.0. The molecule has 2 heterocycles. The molecule has 2 aromatic rings. The second-order valence-electron chi connectivity index (χ2n) is 4.43. The molecular formula is C11H14BrN5O. The number of aromatic nitrogens is 5. The van der Waals surface area contributed by atoms with Crippen molar-refractivity contribution < 1.29 is 0 Å². The van der Waals surface area contributed by atoms with E-state index in [0.29, 0.717) is 16.9 Å². The molecule has 0 N–H and O–H groups in total. The van der Waals surface area contributed by atoms with E-state index in [1.165, 1.54) is 23.4 Å². The SMILES string of the molecule is CC(C)Cn1ncnc1Cn1cncc(Br)c1=O. The third-order valence-electron chi connectivity index (χ3n) is 2.40. The zero-order valence-corrected chi connectivity index (χ0v) is 11.8. The van der Waals surface area contributed by atoms with Crippen LogP contribution >= 0.6 is 15.9 Å². The van der Waals surface area contributed by atoms with E-state index < -0.39 is 0 Å². The van der Waals surface area contributed by atoms with Crippen molar-refractivity contribution in [1.29, 1.82) is 0 Å². The van der Waals surface area contributed by atoms with Crippen LogP contribution in [0.5, 0.6) is 0 Å². The molecule has 0 fully saturated rings. The zero-order chi connectivity index (χ0) is 13.1. The lowest BCUT2D eigenvalue weighted by Gasteiger charge is -2.09. The first kappa shape index (κ1) is 12.9. The predicted molar refractivity (Wildman–Crippen MR) is 70.2 cm³/mol. The molecule has 0 radical (unpaired) electrons. The molecule has 0 saturated carbocycles. The van der Waals surface area contributed by atoms with Crippen molar-refractivity contribution in [3.05, 3.63) is 39.5 Å². The first-order valence-corrected chi connectivity index (χ1v) is 6.44. The van der Waals surface area contributed by atoms with E-state index in [1.807, 2.05) is 4.68 Å². The minimum Gasteiger partial charge on any atom is -0.291 e. The van der Waals surface area contributed by atoms with Crippen molar-refractivity contribution in [2.75, 3.05) is 0 Å². The highest BCUT2D eigenvalue weighted by Crippen LogP contribution is 2.03. The van der Waals surface area contributed by atoms with E-state index >= 15 is 0 Å². The van der Waals surface area contributed by atoms with Gasteiger partial charge >= 0.3 is 0 Å². The van der Waals surface area contributed by atoms with Gasteiger partial charge in [-0.3, -0.25) is 9.36 Å². The average molecular weight is 312 g/mol. The smallest absolute Gasteiger partial charge is 0.268 e. The number of halogens is 1. The number of rotatable bonds is 4. The van der Waals surface area contributed by atoms with Gasteiger partial charge in [0.1, 0.15) is 16.6 Å². The van der Waals surface area contributed by atoms with E-state index in [0.717, 1.165) is 12.4 Å². The van der Waals surface area contributed by atoms with Crippen LogP contribution in [0.1, 0.15) is 19.7 Å². The van der Waals surface area contributed by atoms with Crippen LogP contribution in [0, 0.1) is 5.92 Å². The fourth-order valence-corrected chi connectivity index (χ4v) is 1.94. The molecule has 0 unspecified atom stereocenters. The van der Waals surface area contributed by atoms with Gasteiger partial charge < -0.3 is 0 Å². The molecule has 0 amide bonds. The molecule has 6 nitrogen and oxygen atoms in total. The van der Waals surface area contributed by atoms with Crippen molar-refractivity contribution in [2.45, 2.75) is 26.9 Å². The Balaban J connectivity index is 2.26. The largest absolute Gasteiger partial charge is 0.291 e. The van der Waals surface area contributed by atoms with E-state index in [2.05, 4.69) is 44.8 Å². The van der Waals surface area contributed by atoms with Crippen LogP contribution in [-0.4, -0.2) is 24.3 Å². The average Bonchev–Trinajstić information content (AvgIpc) is 2.72. The molecule has 0 saturated heterocycles. The standard InChI is InChI=1S/C11H14BrN5O/c1-8(2)4-17-10(14-6-15-17)5-16-7-13-3-9(12)11(16)18/h3,6-8H,4-5H2,1-2H3. The predicted octanol–water partition coefficient (Wildman–Crippen LogP) is 1.30. The van der Waals surface area contributed by atoms with Crippen LogP contribution < -0.4 is 5.56 Å². The Morgan fingerprint density at radius 3 is 2.94 bits per heavy atom. The second-order valence-corrected chi connectivity index (χ2v) is 5.28. The van der Waals surface area contributed by atoms with Gasteiger partial charge in [0, 0.05) is 12.7 Å². The molecule has 0 atom stereocenters. The minimum atomic E-state index is -0.121. The Labute approximate surface area is 113 Å². The first-order valence-electron chi connectivity index (χ1n) is 5.64. The third kappa shape index (κ3) is 2.84. The molecular weight excluding hydrogens is 298 g/mol. The summed E-state index contributed by atoms with van der Waals surface area (Å²) in [5.74, 6) is 1.23. The Bertz CT molecular complexity index is 589. The number of nitrogens with zero attached hydrogens (tertiary/aromatic N) is 5. The lowest BCUT2D eigenvalue weighted by molar-refractivity contribution is 0.459. The molecule has 0 aliphatic rings. The van der Waals surface area contributed by atoms with Crippen molar-refractivity contribution in [1.82, 2.24) is 24.3 Å². The van der Waals surface area contributed by atoms with Gasteiger partial charge in [-0.25, -0.2) is 14.6 Å². The second kappa shape index (κ2) is 5.43. The summed E-state index contributed by atoms with van der Waals surface area (Å²) < 4.78 is 3.77. The summed E-state index contributed by atoms with van der Waals surface area (Å²) in [5.41, 5.74) is -0.121. The monoisotopic (exact) mass is 311 g/mol. The van der Waals surface area contributed by atoms with Crippen LogP contribution in [0.25, 0.3) is 0 Å². The van der Waals surface area contributed by atoms with Crippen LogP contribution in [0.4, 0.5) is 0 Å². The molecule has 0 spiro atoms. The van der Waals surface area contributed by atoms with Crippen molar-refractivity contribution in [3.8, 4) is 0 Å². The normalized spacial score (nSPS) is 11.1. The van der Waals surface area contributed by atoms with Gasteiger partial charge in [0.15, 0.2) is 0 Å². The fourth-order valence-electron chi connectivity index (χ4n) is 1.60. The van der Waals surface area contributed by atoms with Gasteiger partial charge in [-0.2, -0.15) is 5.10 Å². The summed E-state index contributed by atoms with van der Waals surface area (Å²) in [5, 5.41) is 4.16. The summed E-state index contributed by atoms with van der Waals surface area (Å²) in [6.07, 6.45) is 4.49. The molecule has 7 heteroatoms. The highest BCUT2D eigenvalue weighted by molar-refractivity contribution is 9.10. The van der Waals surface area contributed by atoms with Gasteiger partial charge in [0.25, 0.3) is 5.56 Å². The maximum atomic E-state index is 11.8. The molecule has 2 rings (SSSR count). The van der Waals surface area contributed by atoms with E-state index in [1.54, 1.807) is 0 Å². The van der Waals surface area contributed by atoms with Gasteiger partial charge in [0.2, 0.25) is 0 Å². The molecule has 0 bridgehead atoms. The topological polar surface area (TPSA) is 65.6 Å². The number of hydrogen-bond acceptors (Lipinski definition) is 4. The molecule has 0 aromatic carbocycles. The van der Waals surface area contributed by atoms with Gasteiger partial charge in [0.05, 0.1) is 12.9 Å². The van der Waals surface area contributed by atoms with Crippen LogP contribution in [0.3, 0.4) is 0 Å². The Hall–Kier alpha value is -1.50.